The first-order valence-electron chi connectivity index (χ1n) is 9.77. The average Bonchev–Trinajstić information content (AvgIpc) is 3.34. The fourth-order valence-electron chi connectivity index (χ4n) is 3.65. The van der Waals surface area contributed by atoms with Crippen molar-refractivity contribution in [1.82, 2.24) is 24.6 Å². The zero-order chi connectivity index (χ0) is 21.0. The summed E-state index contributed by atoms with van der Waals surface area (Å²) < 4.78 is 36.0. The van der Waals surface area contributed by atoms with Gasteiger partial charge in [-0.15, -0.1) is 21.5 Å². The maximum absolute atomic E-state index is 13.4. The fourth-order valence-corrected chi connectivity index (χ4v) is 4.47. The zero-order valence-electron chi connectivity index (χ0n) is 16.5. The Hall–Kier alpha value is -2.88. The van der Waals surface area contributed by atoms with Crippen LogP contribution < -0.4 is 4.90 Å². The van der Waals surface area contributed by atoms with Gasteiger partial charge >= 0.3 is 0 Å². The predicted octanol–water partition coefficient (Wildman–Crippen LogP) is 2.92. The van der Waals surface area contributed by atoms with Crippen LogP contribution in [0.15, 0.2) is 29.6 Å². The normalized spacial score (nSPS) is 19.7. The van der Waals surface area contributed by atoms with Gasteiger partial charge in [0.25, 0.3) is 5.91 Å². The van der Waals surface area contributed by atoms with Gasteiger partial charge in [0.1, 0.15) is 17.8 Å². The number of alkyl halides is 1. The van der Waals surface area contributed by atoms with Crippen LogP contribution in [0.1, 0.15) is 30.5 Å². The van der Waals surface area contributed by atoms with E-state index in [9.17, 15) is 13.6 Å². The highest BCUT2D eigenvalue weighted by Crippen LogP contribution is 2.33. The summed E-state index contributed by atoms with van der Waals surface area (Å²) in [6.45, 7) is 3.50. The summed E-state index contributed by atoms with van der Waals surface area (Å²) >= 11 is 1.43. The number of rotatable bonds is 3. The molecule has 1 atom stereocenters. The molecule has 2 aliphatic rings. The summed E-state index contributed by atoms with van der Waals surface area (Å²) in [6.07, 6.45) is -0.799. The lowest BCUT2D eigenvalue weighted by Crippen LogP contribution is -2.48. The molecule has 1 aromatic carbocycles. The van der Waals surface area contributed by atoms with Crippen molar-refractivity contribution < 1.29 is 14.9 Å². The summed E-state index contributed by atoms with van der Waals surface area (Å²) in [5.41, 5.74) is 0.270. The van der Waals surface area contributed by atoms with Gasteiger partial charge in [0, 0.05) is 24.0 Å². The van der Waals surface area contributed by atoms with E-state index < -0.39 is 12.0 Å². The van der Waals surface area contributed by atoms with Crippen molar-refractivity contribution in [3.05, 3.63) is 46.8 Å². The van der Waals surface area contributed by atoms with Crippen LogP contribution >= 0.6 is 11.3 Å². The highest BCUT2D eigenvalue weighted by molar-refractivity contribution is 7.13. The highest BCUT2D eigenvalue weighted by atomic mass is 32.1. The first-order valence-corrected chi connectivity index (χ1v) is 10.2. The van der Waals surface area contributed by atoms with Crippen molar-refractivity contribution >= 4 is 23.1 Å². The van der Waals surface area contributed by atoms with E-state index in [-0.39, 0.29) is 23.6 Å². The van der Waals surface area contributed by atoms with Gasteiger partial charge < -0.3 is 14.4 Å². The van der Waals surface area contributed by atoms with E-state index in [4.69, 9.17) is 1.37 Å². The van der Waals surface area contributed by atoms with Gasteiger partial charge in [-0.1, -0.05) is 0 Å². The lowest BCUT2D eigenvalue weighted by molar-refractivity contribution is 0.0638. The first kappa shape index (κ1) is 17.0. The van der Waals surface area contributed by atoms with Crippen molar-refractivity contribution in [2.45, 2.75) is 25.7 Å². The van der Waals surface area contributed by atoms with Crippen molar-refractivity contribution in [2.75, 3.05) is 24.5 Å². The molecule has 0 N–H and O–H groups in total. The molecule has 10 heteroatoms. The molecule has 0 saturated carbocycles. The second-order valence-corrected chi connectivity index (χ2v) is 8.00. The number of amides is 1. The largest absolute Gasteiger partial charge is 0.350 e. The van der Waals surface area contributed by atoms with Crippen LogP contribution in [-0.2, 0) is 6.54 Å². The lowest BCUT2D eigenvalue weighted by atomic mass is 10.1. The van der Waals surface area contributed by atoms with Gasteiger partial charge in [-0.2, -0.15) is 0 Å². The second kappa shape index (κ2) is 6.87. The summed E-state index contributed by atoms with van der Waals surface area (Å²) in [6, 6.07) is 3.12. The van der Waals surface area contributed by atoms with Crippen molar-refractivity contribution in [2.24, 2.45) is 0 Å². The van der Waals surface area contributed by atoms with Crippen LogP contribution in [0.25, 0.3) is 10.8 Å². The van der Waals surface area contributed by atoms with Crippen LogP contribution in [0, 0.1) is 5.82 Å². The van der Waals surface area contributed by atoms with E-state index in [2.05, 4.69) is 15.2 Å². The number of benzene rings is 1. The molecular formula is C19H18F2N6OS. The minimum atomic E-state index is -0.799. The number of hydrogen-bond donors (Lipinski definition) is 0. The zero-order valence-corrected chi connectivity index (χ0v) is 16.4. The van der Waals surface area contributed by atoms with E-state index >= 15 is 0 Å². The van der Waals surface area contributed by atoms with Gasteiger partial charge in [0.2, 0.25) is 0 Å². The molecule has 150 valence electrons. The molecule has 0 spiro atoms. The average molecular weight is 417 g/mol. The van der Waals surface area contributed by atoms with Crippen molar-refractivity contribution in [1.29, 1.82) is 0 Å². The summed E-state index contributed by atoms with van der Waals surface area (Å²) in [5.74, 6) is 1.08. The van der Waals surface area contributed by atoms with E-state index in [0.29, 0.717) is 42.8 Å². The molecule has 5 rings (SSSR count). The Labute approximate surface area is 171 Å². The van der Waals surface area contributed by atoms with Gasteiger partial charge in [-0.3, -0.25) is 4.79 Å². The molecule has 7 nitrogen and oxygen atoms in total. The fraction of sp³-hybridized carbons (Fsp3) is 0.368. The van der Waals surface area contributed by atoms with Crippen molar-refractivity contribution in [3.63, 3.8) is 0 Å². The summed E-state index contributed by atoms with van der Waals surface area (Å²) in [4.78, 5) is 21.0. The smallest absolute Gasteiger partial charge is 0.254 e. The number of halogens is 2. The minimum absolute atomic E-state index is 0.270. The molecule has 1 fully saturated rings. The lowest BCUT2D eigenvalue weighted by Gasteiger charge is -2.34. The molecule has 29 heavy (non-hydrogen) atoms. The number of carbonyl (C=O) groups is 1. The van der Waals surface area contributed by atoms with Gasteiger partial charge in [-0.25, -0.2) is 13.8 Å². The first-order chi connectivity index (χ1) is 14.4. The van der Waals surface area contributed by atoms with Crippen LogP contribution in [0.3, 0.4) is 0 Å². The molecule has 2 aromatic heterocycles. The molecule has 0 aliphatic carbocycles. The Morgan fingerprint density at radius 2 is 2.10 bits per heavy atom. The summed E-state index contributed by atoms with van der Waals surface area (Å²) in [5, 5.41) is 11.2. The number of nitrogens with zero attached hydrogens (tertiary/aromatic N) is 6. The SMILES string of the molecule is [2H]c1cc(C(=O)N2CCn3c(-c4nc(N5CC(F)C5)cs4)nnc3[C@H]2C)ccc1F. The molecule has 3 aromatic rings. The van der Waals surface area contributed by atoms with Crippen LogP contribution in [0.5, 0.6) is 0 Å². The van der Waals surface area contributed by atoms with Gasteiger partial charge in [-0.05, 0) is 31.2 Å². The van der Waals surface area contributed by atoms with E-state index in [1.54, 1.807) is 4.90 Å². The standard InChI is InChI=1S/C19H18F2N6OS/c1-11-16-23-24-17(18-22-15(10-29-18)25-8-14(21)9-25)27(16)7-6-26(11)19(28)12-2-4-13(20)5-3-12/h2-5,10-11,14H,6-9H2,1H3/t11-/m1/s1/i4D. The number of thiazole rings is 1. The molecule has 0 unspecified atom stereocenters. The highest BCUT2D eigenvalue weighted by Gasteiger charge is 2.33. The molecule has 4 heterocycles. The molecule has 0 radical (unpaired) electrons. The molecular weight excluding hydrogens is 398 g/mol. The maximum Gasteiger partial charge on any atom is 0.254 e. The number of hydrogen-bond acceptors (Lipinski definition) is 6. The van der Waals surface area contributed by atoms with Crippen molar-refractivity contribution in [3.8, 4) is 10.8 Å². The van der Waals surface area contributed by atoms with Gasteiger partial charge in [0.05, 0.1) is 20.5 Å². The third-order valence-corrected chi connectivity index (χ3v) is 6.14. The van der Waals surface area contributed by atoms with E-state index in [0.717, 1.165) is 11.9 Å². The Balaban J connectivity index is 1.39. The number of fused-ring (bicyclic) bond motifs is 1. The maximum atomic E-state index is 13.4. The van der Waals surface area contributed by atoms with Crippen LogP contribution in [0.2, 0.25) is 0 Å². The topological polar surface area (TPSA) is 67.2 Å². The quantitative estimate of drug-likeness (QED) is 0.656. The van der Waals surface area contributed by atoms with Gasteiger partial charge in [0.15, 0.2) is 16.7 Å². The molecule has 1 saturated heterocycles. The van der Waals surface area contributed by atoms with Crippen LogP contribution in [-0.4, -0.2) is 56.4 Å². The minimum Gasteiger partial charge on any atom is -0.350 e. The third kappa shape index (κ3) is 3.07. The number of carbonyl (C=O) groups excluding carboxylic acids is 1. The van der Waals surface area contributed by atoms with E-state index in [1.165, 1.54) is 23.5 Å². The Kier molecular flexibility index (Phi) is 4.03. The molecule has 0 bridgehead atoms. The Morgan fingerprint density at radius 3 is 2.86 bits per heavy atom. The number of anilines is 1. The van der Waals surface area contributed by atoms with Crippen LogP contribution in [0.4, 0.5) is 14.6 Å². The Bertz CT molecular complexity index is 1130. The third-order valence-electron chi connectivity index (χ3n) is 5.31. The second-order valence-electron chi connectivity index (χ2n) is 7.15. The Morgan fingerprint density at radius 1 is 1.28 bits per heavy atom. The molecule has 2 aliphatic heterocycles. The van der Waals surface area contributed by atoms with E-state index in [1.807, 2.05) is 21.8 Å². The number of aromatic nitrogens is 4. The monoisotopic (exact) mass is 417 g/mol. The molecule has 1 amide bonds. The summed E-state index contributed by atoms with van der Waals surface area (Å²) in [7, 11) is 0. The predicted molar refractivity (Wildman–Crippen MR) is 104 cm³/mol.